The van der Waals surface area contributed by atoms with Gasteiger partial charge >= 0.3 is 0 Å². The van der Waals surface area contributed by atoms with E-state index in [4.69, 9.17) is 5.73 Å². The molecule has 0 radical (unpaired) electrons. The number of carbonyl (C=O) groups is 1. The summed E-state index contributed by atoms with van der Waals surface area (Å²) in [4.78, 5) is 15.0. The highest BCUT2D eigenvalue weighted by atomic mass is 19.3. The van der Waals surface area contributed by atoms with Crippen molar-refractivity contribution in [3.63, 3.8) is 0 Å². The van der Waals surface area contributed by atoms with Gasteiger partial charge in [-0.2, -0.15) is 0 Å². The summed E-state index contributed by atoms with van der Waals surface area (Å²) in [6.45, 7) is 3.05. The highest BCUT2D eigenvalue weighted by Gasteiger charge is 2.54. The van der Waals surface area contributed by atoms with E-state index in [2.05, 4.69) is 0 Å². The monoisotopic (exact) mass is 380 g/mol. The Morgan fingerprint density at radius 2 is 1.93 bits per heavy atom. The van der Waals surface area contributed by atoms with Gasteiger partial charge in [0.15, 0.2) is 5.60 Å². The summed E-state index contributed by atoms with van der Waals surface area (Å²) in [6, 6.07) is 8.70. The molecule has 150 valence electrons. The SMILES string of the molecule is CC(N)CC1CCN(C(=O)C(O)(c2ccccc2)[C@@H]2CCC(F)(F)C2)CC1. The van der Waals surface area contributed by atoms with Crippen LogP contribution in [-0.4, -0.2) is 41.0 Å². The summed E-state index contributed by atoms with van der Waals surface area (Å²) in [5.41, 5.74) is 4.40. The lowest BCUT2D eigenvalue weighted by molar-refractivity contribution is -0.162. The van der Waals surface area contributed by atoms with Crippen LogP contribution in [0.4, 0.5) is 8.78 Å². The number of nitrogens with zero attached hydrogens (tertiary/aromatic N) is 1. The van der Waals surface area contributed by atoms with Crippen LogP contribution in [0.1, 0.15) is 51.0 Å². The molecule has 1 aromatic rings. The number of hydrogen-bond acceptors (Lipinski definition) is 3. The fourth-order valence-corrected chi connectivity index (χ4v) is 4.67. The van der Waals surface area contributed by atoms with Gasteiger partial charge in [-0.1, -0.05) is 30.3 Å². The number of halogens is 2. The first-order valence-corrected chi connectivity index (χ1v) is 9.93. The Hall–Kier alpha value is -1.53. The summed E-state index contributed by atoms with van der Waals surface area (Å²) >= 11 is 0. The fraction of sp³-hybridized carbons (Fsp3) is 0.667. The van der Waals surface area contributed by atoms with Gasteiger partial charge in [-0.3, -0.25) is 4.79 Å². The van der Waals surface area contributed by atoms with Gasteiger partial charge < -0.3 is 15.7 Å². The molecule has 3 atom stereocenters. The standard InChI is InChI=1S/C21H30F2N2O2/c1-15(24)13-16-8-11-25(12-9-16)19(26)21(27,17-5-3-2-4-6-17)18-7-10-20(22,23)14-18/h2-6,15-16,18,27H,7-14,24H2,1H3/t15?,18-,21?/m1/s1. The molecule has 3 rings (SSSR count). The van der Waals surface area contributed by atoms with Crippen LogP contribution in [0.2, 0.25) is 0 Å². The number of alkyl halides is 2. The van der Waals surface area contributed by atoms with E-state index in [1.54, 1.807) is 35.2 Å². The highest BCUT2D eigenvalue weighted by Crippen LogP contribution is 2.48. The van der Waals surface area contributed by atoms with Crippen molar-refractivity contribution in [1.82, 2.24) is 4.90 Å². The third-order valence-electron chi connectivity index (χ3n) is 6.14. The molecule has 1 aliphatic heterocycles. The molecule has 0 bridgehead atoms. The van der Waals surface area contributed by atoms with Crippen molar-refractivity contribution in [2.24, 2.45) is 17.6 Å². The predicted molar refractivity (Wildman–Crippen MR) is 100 cm³/mol. The molecule has 1 saturated heterocycles. The van der Waals surface area contributed by atoms with E-state index in [-0.39, 0.29) is 18.9 Å². The minimum absolute atomic E-state index is 0.124. The zero-order valence-corrected chi connectivity index (χ0v) is 15.9. The molecule has 1 heterocycles. The zero-order chi connectivity index (χ0) is 19.7. The second-order valence-electron chi connectivity index (χ2n) is 8.38. The molecule has 1 amide bonds. The van der Waals surface area contributed by atoms with Gasteiger partial charge in [0.1, 0.15) is 0 Å². The summed E-state index contributed by atoms with van der Waals surface area (Å²) in [6.07, 6.45) is 1.99. The van der Waals surface area contributed by atoms with Crippen LogP contribution in [0.25, 0.3) is 0 Å². The number of benzene rings is 1. The van der Waals surface area contributed by atoms with Crippen molar-refractivity contribution >= 4 is 5.91 Å². The third kappa shape index (κ3) is 4.32. The molecule has 2 fully saturated rings. The molecule has 27 heavy (non-hydrogen) atoms. The topological polar surface area (TPSA) is 66.6 Å². The molecule has 4 nitrogen and oxygen atoms in total. The molecule has 3 N–H and O–H groups in total. The number of aliphatic hydroxyl groups is 1. The molecular formula is C21H30F2N2O2. The van der Waals surface area contributed by atoms with Crippen LogP contribution < -0.4 is 5.73 Å². The van der Waals surface area contributed by atoms with Crippen LogP contribution in [-0.2, 0) is 10.4 Å². The first-order valence-electron chi connectivity index (χ1n) is 9.93. The maximum absolute atomic E-state index is 13.9. The summed E-state index contributed by atoms with van der Waals surface area (Å²) in [5.74, 6) is -3.56. The lowest BCUT2D eigenvalue weighted by Gasteiger charge is -2.40. The lowest BCUT2D eigenvalue weighted by Crippen LogP contribution is -2.53. The summed E-state index contributed by atoms with van der Waals surface area (Å²) < 4.78 is 27.7. The fourth-order valence-electron chi connectivity index (χ4n) is 4.67. The molecule has 0 aromatic heterocycles. The smallest absolute Gasteiger partial charge is 0.259 e. The van der Waals surface area contributed by atoms with Gasteiger partial charge in [-0.05, 0) is 44.1 Å². The largest absolute Gasteiger partial charge is 0.375 e. The molecule has 2 aliphatic rings. The first-order chi connectivity index (χ1) is 12.7. The number of hydrogen-bond donors (Lipinski definition) is 2. The average molecular weight is 380 g/mol. The molecule has 1 aliphatic carbocycles. The summed E-state index contributed by atoms with van der Waals surface area (Å²) in [5, 5.41) is 11.5. The Kier molecular flexibility index (Phi) is 5.87. The molecular weight excluding hydrogens is 350 g/mol. The number of carbonyl (C=O) groups excluding carboxylic acids is 1. The highest BCUT2D eigenvalue weighted by molar-refractivity contribution is 5.87. The molecule has 6 heteroatoms. The Labute approximate surface area is 159 Å². The number of likely N-dealkylation sites (tertiary alicyclic amines) is 1. The van der Waals surface area contributed by atoms with Crippen molar-refractivity contribution in [1.29, 1.82) is 0 Å². The van der Waals surface area contributed by atoms with E-state index >= 15 is 0 Å². The maximum atomic E-state index is 13.9. The van der Waals surface area contributed by atoms with E-state index < -0.39 is 29.8 Å². The van der Waals surface area contributed by atoms with E-state index in [1.165, 1.54) is 0 Å². The quantitative estimate of drug-likeness (QED) is 0.824. The molecule has 0 spiro atoms. The normalized spacial score (nSPS) is 26.6. The van der Waals surface area contributed by atoms with E-state index in [0.29, 0.717) is 24.6 Å². The summed E-state index contributed by atoms with van der Waals surface area (Å²) in [7, 11) is 0. The van der Waals surface area contributed by atoms with Gasteiger partial charge in [0, 0.05) is 37.9 Å². The van der Waals surface area contributed by atoms with E-state index in [0.717, 1.165) is 19.3 Å². The van der Waals surface area contributed by atoms with Gasteiger partial charge in [0.25, 0.3) is 5.91 Å². The molecule has 2 unspecified atom stereocenters. The predicted octanol–water partition coefficient (Wildman–Crippen LogP) is 3.29. The van der Waals surface area contributed by atoms with E-state index in [1.807, 2.05) is 6.92 Å². The zero-order valence-electron chi connectivity index (χ0n) is 15.9. The van der Waals surface area contributed by atoms with Crippen LogP contribution in [0.5, 0.6) is 0 Å². The van der Waals surface area contributed by atoms with Crippen LogP contribution >= 0.6 is 0 Å². The van der Waals surface area contributed by atoms with Gasteiger partial charge in [0.2, 0.25) is 5.92 Å². The van der Waals surface area contributed by atoms with Crippen LogP contribution in [0, 0.1) is 11.8 Å². The first kappa shape index (κ1) is 20.2. The Morgan fingerprint density at radius 3 is 2.44 bits per heavy atom. The third-order valence-corrected chi connectivity index (χ3v) is 6.14. The van der Waals surface area contributed by atoms with Crippen molar-refractivity contribution in [2.75, 3.05) is 13.1 Å². The van der Waals surface area contributed by atoms with Crippen molar-refractivity contribution in [3.8, 4) is 0 Å². The number of rotatable bonds is 5. The van der Waals surface area contributed by atoms with Gasteiger partial charge in [-0.25, -0.2) is 8.78 Å². The Morgan fingerprint density at radius 1 is 1.30 bits per heavy atom. The second kappa shape index (κ2) is 7.84. The number of nitrogens with two attached hydrogens (primary N) is 1. The van der Waals surface area contributed by atoms with Crippen molar-refractivity contribution in [3.05, 3.63) is 35.9 Å². The molecule has 1 aromatic carbocycles. The average Bonchev–Trinajstić information content (AvgIpc) is 3.01. The second-order valence-corrected chi connectivity index (χ2v) is 8.38. The minimum atomic E-state index is -2.82. The van der Waals surface area contributed by atoms with E-state index in [9.17, 15) is 18.7 Å². The minimum Gasteiger partial charge on any atom is -0.375 e. The van der Waals surface area contributed by atoms with Crippen LogP contribution in [0.3, 0.4) is 0 Å². The Balaban J connectivity index is 1.81. The lowest BCUT2D eigenvalue weighted by atomic mass is 9.78. The molecule has 1 saturated carbocycles. The Bertz CT molecular complexity index is 645. The number of piperidine rings is 1. The van der Waals surface area contributed by atoms with Gasteiger partial charge in [-0.15, -0.1) is 0 Å². The van der Waals surface area contributed by atoms with Gasteiger partial charge in [0.05, 0.1) is 0 Å². The van der Waals surface area contributed by atoms with Crippen LogP contribution in [0.15, 0.2) is 30.3 Å². The number of amides is 1. The maximum Gasteiger partial charge on any atom is 0.259 e. The van der Waals surface area contributed by atoms with Crippen molar-refractivity contribution < 1.29 is 18.7 Å². The van der Waals surface area contributed by atoms with Crippen molar-refractivity contribution in [2.45, 2.75) is 63.0 Å².